The van der Waals surface area contributed by atoms with Crippen molar-refractivity contribution in [2.24, 2.45) is 16.8 Å². The van der Waals surface area contributed by atoms with E-state index in [1.54, 1.807) is 12.7 Å². The number of rotatable bonds is 5. The first kappa shape index (κ1) is 21.1. The van der Waals surface area contributed by atoms with Gasteiger partial charge in [0.15, 0.2) is 5.96 Å². The van der Waals surface area contributed by atoms with Crippen molar-refractivity contribution < 1.29 is 0 Å². The fraction of sp³-hybridized carbons (Fsp3) is 0.571. The van der Waals surface area contributed by atoms with Gasteiger partial charge < -0.3 is 10.2 Å². The van der Waals surface area contributed by atoms with Gasteiger partial charge in [-0.3, -0.25) is 0 Å². The van der Waals surface area contributed by atoms with Gasteiger partial charge in [-0.2, -0.15) is 5.10 Å². The normalized spacial score (nSPS) is 21.9. The Hall–Kier alpha value is -1.64. The van der Waals surface area contributed by atoms with Gasteiger partial charge in [-0.15, -0.1) is 24.0 Å². The van der Waals surface area contributed by atoms with Gasteiger partial charge in [0.2, 0.25) is 0 Å². The van der Waals surface area contributed by atoms with Gasteiger partial charge in [0.1, 0.15) is 12.7 Å². The standard InChI is InChI=1S/C21H30N6.HI/c1-2-23-21(26-13-19-8-3-4-9-20(19)14-26)24-11-17-6-5-7-18(10-17)12-27-16-22-15-25-27;/h5-7,10,15-16,19-20H,2-4,8-9,11-14H2,1H3,(H,23,24);1H. The summed E-state index contributed by atoms with van der Waals surface area (Å²) in [5.41, 5.74) is 2.46. The van der Waals surface area contributed by atoms with Crippen LogP contribution >= 0.6 is 24.0 Å². The molecule has 28 heavy (non-hydrogen) atoms. The van der Waals surface area contributed by atoms with Crippen LogP contribution in [0.5, 0.6) is 0 Å². The number of hydrogen-bond donors (Lipinski definition) is 1. The Bertz CT molecular complexity index is 746. The summed E-state index contributed by atoms with van der Waals surface area (Å²) in [6.07, 6.45) is 8.92. The first-order chi connectivity index (χ1) is 13.3. The number of likely N-dealkylation sites (tertiary alicyclic amines) is 1. The first-order valence-corrected chi connectivity index (χ1v) is 10.3. The second-order valence-corrected chi connectivity index (χ2v) is 7.79. The van der Waals surface area contributed by atoms with Crippen molar-refractivity contribution in [2.75, 3.05) is 19.6 Å². The molecule has 1 saturated carbocycles. The van der Waals surface area contributed by atoms with Crippen molar-refractivity contribution in [3.8, 4) is 0 Å². The molecule has 1 N–H and O–H groups in total. The number of benzene rings is 1. The van der Waals surface area contributed by atoms with Gasteiger partial charge in [-0.25, -0.2) is 14.7 Å². The quantitative estimate of drug-likeness (QED) is 0.393. The van der Waals surface area contributed by atoms with Crippen LogP contribution in [0, 0.1) is 11.8 Å². The number of nitrogens with one attached hydrogen (secondary N) is 1. The first-order valence-electron chi connectivity index (χ1n) is 10.3. The summed E-state index contributed by atoms with van der Waals surface area (Å²) in [7, 11) is 0. The third-order valence-electron chi connectivity index (χ3n) is 5.82. The van der Waals surface area contributed by atoms with Gasteiger partial charge in [-0.1, -0.05) is 37.1 Å². The lowest BCUT2D eigenvalue weighted by molar-refractivity contribution is 0.299. The summed E-state index contributed by atoms with van der Waals surface area (Å²) >= 11 is 0. The van der Waals surface area contributed by atoms with E-state index in [1.165, 1.54) is 49.9 Å². The van der Waals surface area contributed by atoms with E-state index >= 15 is 0 Å². The fourth-order valence-corrected chi connectivity index (χ4v) is 4.50. The summed E-state index contributed by atoms with van der Waals surface area (Å²) in [6.45, 7) is 6.85. The van der Waals surface area contributed by atoms with E-state index in [1.807, 2.05) is 4.68 Å². The molecule has 1 saturated heterocycles. The summed E-state index contributed by atoms with van der Waals surface area (Å²) < 4.78 is 1.85. The molecule has 2 fully saturated rings. The van der Waals surface area contributed by atoms with Crippen molar-refractivity contribution in [3.05, 3.63) is 48.0 Å². The molecule has 1 aromatic carbocycles. The molecule has 2 atom stereocenters. The second-order valence-electron chi connectivity index (χ2n) is 7.79. The smallest absolute Gasteiger partial charge is 0.194 e. The minimum atomic E-state index is 0. The van der Waals surface area contributed by atoms with Crippen LogP contribution in [0.3, 0.4) is 0 Å². The molecule has 2 aliphatic rings. The Kier molecular flexibility index (Phi) is 7.70. The third kappa shape index (κ3) is 5.24. The number of halogens is 1. The Labute approximate surface area is 184 Å². The largest absolute Gasteiger partial charge is 0.357 e. The molecular formula is C21H31IN6. The Morgan fingerprint density at radius 3 is 2.61 bits per heavy atom. The molecule has 2 heterocycles. The van der Waals surface area contributed by atoms with Gasteiger partial charge in [-0.05, 0) is 42.7 Å². The molecular weight excluding hydrogens is 463 g/mol. The van der Waals surface area contributed by atoms with Gasteiger partial charge >= 0.3 is 0 Å². The van der Waals surface area contributed by atoms with Crippen molar-refractivity contribution in [2.45, 2.75) is 45.7 Å². The van der Waals surface area contributed by atoms with Crippen LogP contribution < -0.4 is 5.32 Å². The minimum Gasteiger partial charge on any atom is -0.357 e. The maximum Gasteiger partial charge on any atom is 0.194 e. The van der Waals surface area contributed by atoms with Crippen LogP contribution in [0.4, 0.5) is 0 Å². The zero-order valence-corrected chi connectivity index (χ0v) is 19.0. The summed E-state index contributed by atoms with van der Waals surface area (Å²) in [4.78, 5) is 11.5. The number of guanidine groups is 1. The van der Waals surface area contributed by atoms with E-state index in [0.717, 1.165) is 30.9 Å². The summed E-state index contributed by atoms with van der Waals surface area (Å²) in [5, 5.41) is 7.70. The number of fused-ring (bicyclic) bond motifs is 1. The highest BCUT2D eigenvalue weighted by Gasteiger charge is 2.35. The fourth-order valence-electron chi connectivity index (χ4n) is 4.50. The molecule has 1 aliphatic carbocycles. The van der Waals surface area contributed by atoms with Crippen LogP contribution in [0.1, 0.15) is 43.7 Å². The lowest BCUT2D eigenvalue weighted by Gasteiger charge is -2.22. The summed E-state index contributed by atoms with van der Waals surface area (Å²) in [6, 6.07) is 8.61. The van der Waals surface area contributed by atoms with Crippen LogP contribution in [-0.2, 0) is 13.1 Å². The molecule has 1 aliphatic heterocycles. The van der Waals surface area contributed by atoms with E-state index < -0.39 is 0 Å². The van der Waals surface area contributed by atoms with Gasteiger partial charge in [0, 0.05) is 19.6 Å². The monoisotopic (exact) mass is 494 g/mol. The van der Waals surface area contributed by atoms with E-state index in [0.29, 0.717) is 6.54 Å². The van der Waals surface area contributed by atoms with Crippen molar-refractivity contribution in [1.82, 2.24) is 25.0 Å². The van der Waals surface area contributed by atoms with E-state index in [2.05, 4.69) is 51.5 Å². The SMILES string of the molecule is CCNC(=NCc1cccc(Cn2cncn2)c1)N1CC2CCCCC2C1.I. The van der Waals surface area contributed by atoms with E-state index in [-0.39, 0.29) is 24.0 Å². The molecule has 4 rings (SSSR count). The number of nitrogens with zero attached hydrogens (tertiary/aromatic N) is 5. The minimum absolute atomic E-state index is 0. The number of hydrogen-bond acceptors (Lipinski definition) is 3. The lowest BCUT2D eigenvalue weighted by atomic mass is 9.82. The molecule has 0 radical (unpaired) electrons. The molecule has 1 aromatic heterocycles. The predicted octanol–water partition coefficient (Wildman–Crippen LogP) is 3.53. The molecule has 0 spiro atoms. The Morgan fingerprint density at radius 1 is 1.18 bits per heavy atom. The molecule has 6 nitrogen and oxygen atoms in total. The second kappa shape index (κ2) is 10.2. The molecule has 2 aromatic rings. The predicted molar refractivity (Wildman–Crippen MR) is 123 cm³/mol. The van der Waals surface area contributed by atoms with Gasteiger partial charge in [0.25, 0.3) is 0 Å². The van der Waals surface area contributed by atoms with E-state index in [9.17, 15) is 0 Å². The molecule has 7 heteroatoms. The molecule has 2 unspecified atom stereocenters. The average molecular weight is 494 g/mol. The highest BCUT2D eigenvalue weighted by molar-refractivity contribution is 14.0. The Balaban J connectivity index is 0.00000225. The molecule has 0 amide bonds. The topological polar surface area (TPSA) is 58.3 Å². The van der Waals surface area contributed by atoms with Crippen molar-refractivity contribution in [1.29, 1.82) is 0 Å². The van der Waals surface area contributed by atoms with Crippen molar-refractivity contribution in [3.63, 3.8) is 0 Å². The van der Waals surface area contributed by atoms with Crippen LogP contribution in [0.25, 0.3) is 0 Å². The molecule has 152 valence electrons. The zero-order valence-electron chi connectivity index (χ0n) is 16.6. The highest BCUT2D eigenvalue weighted by Crippen LogP contribution is 2.35. The number of aromatic nitrogens is 3. The van der Waals surface area contributed by atoms with Crippen LogP contribution in [0.2, 0.25) is 0 Å². The number of aliphatic imine (C=N–C) groups is 1. The lowest BCUT2D eigenvalue weighted by Crippen LogP contribution is -2.40. The van der Waals surface area contributed by atoms with Gasteiger partial charge in [0.05, 0.1) is 13.1 Å². The van der Waals surface area contributed by atoms with Crippen LogP contribution in [0.15, 0.2) is 41.9 Å². The zero-order chi connectivity index (χ0) is 18.5. The highest BCUT2D eigenvalue weighted by atomic mass is 127. The average Bonchev–Trinajstić information content (AvgIpc) is 3.35. The van der Waals surface area contributed by atoms with Crippen molar-refractivity contribution >= 4 is 29.9 Å². The third-order valence-corrected chi connectivity index (χ3v) is 5.82. The summed E-state index contributed by atoms with van der Waals surface area (Å²) in [5.74, 6) is 2.82. The van der Waals surface area contributed by atoms with Crippen LogP contribution in [-0.4, -0.2) is 45.3 Å². The maximum absolute atomic E-state index is 4.96. The molecule has 0 bridgehead atoms. The Morgan fingerprint density at radius 2 is 1.93 bits per heavy atom. The van der Waals surface area contributed by atoms with E-state index in [4.69, 9.17) is 4.99 Å². The maximum atomic E-state index is 4.96.